The van der Waals surface area contributed by atoms with E-state index in [-0.39, 0.29) is 17.5 Å². The van der Waals surface area contributed by atoms with E-state index < -0.39 is 12.2 Å². The van der Waals surface area contributed by atoms with Crippen molar-refractivity contribution >= 4 is 5.69 Å². The van der Waals surface area contributed by atoms with Crippen LogP contribution >= 0.6 is 0 Å². The molecule has 0 aromatic heterocycles. The van der Waals surface area contributed by atoms with Gasteiger partial charge in [0.15, 0.2) is 11.5 Å². The number of methoxy groups -OCH3 is 1. The Hall–Kier alpha value is -1.56. The molecule has 19 heavy (non-hydrogen) atoms. The largest absolute Gasteiger partial charge is 0.493 e. The van der Waals surface area contributed by atoms with E-state index in [9.17, 15) is 13.9 Å². The molecular weight excluding hydrogens is 256 g/mol. The third-order valence-corrected chi connectivity index (χ3v) is 2.82. The minimum absolute atomic E-state index is 0.0505. The van der Waals surface area contributed by atoms with E-state index in [0.717, 1.165) is 0 Å². The van der Waals surface area contributed by atoms with E-state index in [1.165, 1.54) is 19.2 Å². The van der Waals surface area contributed by atoms with Crippen LogP contribution in [0.4, 0.5) is 14.5 Å². The second kappa shape index (κ2) is 6.06. The first-order chi connectivity index (χ1) is 8.74. The van der Waals surface area contributed by atoms with Gasteiger partial charge in [-0.25, -0.2) is 0 Å². The molecule has 0 spiro atoms. The Morgan fingerprint density at radius 2 is 1.89 bits per heavy atom. The summed E-state index contributed by atoms with van der Waals surface area (Å²) in [5.41, 5.74) is -0.380. The lowest BCUT2D eigenvalue weighted by molar-refractivity contribution is -0.0511. The smallest absolute Gasteiger partial charge is 0.387 e. The third kappa shape index (κ3) is 4.55. The van der Waals surface area contributed by atoms with Crippen LogP contribution in [0.25, 0.3) is 0 Å². The first-order valence-electron chi connectivity index (χ1n) is 5.85. The molecule has 0 amide bonds. The fraction of sp³-hybridized carbons (Fsp3) is 0.538. The minimum Gasteiger partial charge on any atom is -0.493 e. The standard InChI is InChI=1S/C13H19F2NO3/c1-8(13(2,3)17)16-9-5-6-10(18-4)11(7-9)19-12(14)15/h5-8,12,16-17H,1-4H3. The fourth-order valence-electron chi connectivity index (χ4n) is 1.38. The number of nitrogens with one attached hydrogen (secondary N) is 1. The molecule has 0 fully saturated rings. The van der Waals surface area contributed by atoms with Crippen molar-refractivity contribution < 1.29 is 23.4 Å². The Morgan fingerprint density at radius 3 is 2.37 bits per heavy atom. The summed E-state index contributed by atoms with van der Waals surface area (Å²) in [5, 5.41) is 12.8. The van der Waals surface area contributed by atoms with Gasteiger partial charge in [0.05, 0.1) is 18.8 Å². The number of anilines is 1. The first kappa shape index (κ1) is 15.5. The molecular formula is C13H19F2NO3. The molecule has 0 bridgehead atoms. The van der Waals surface area contributed by atoms with Gasteiger partial charge in [0.25, 0.3) is 0 Å². The zero-order valence-corrected chi connectivity index (χ0v) is 11.4. The van der Waals surface area contributed by atoms with Crippen LogP contribution in [0, 0.1) is 0 Å². The van der Waals surface area contributed by atoms with Crippen molar-refractivity contribution in [3.05, 3.63) is 18.2 Å². The monoisotopic (exact) mass is 275 g/mol. The van der Waals surface area contributed by atoms with Crippen LogP contribution in [0.1, 0.15) is 20.8 Å². The topological polar surface area (TPSA) is 50.7 Å². The van der Waals surface area contributed by atoms with Crippen molar-refractivity contribution in [3.63, 3.8) is 0 Å². The van der Waals surface area contributed by atoms with Crippen molar-refractivity contribution in [2.75, 3.05) is 12.4 Å². The van der Waals surface area contributed by atoms with E-state index >= 15 is 0 Å². The van der Waals surface area contributed by atoms with E-state index in [1.807, 2.05) is 0 Å². The fourth-order valence-corrected chi connectivity index (χ4v) is 1.38. The maximum Gasteiger partial charge on any atom is 0.387 e. The third-order valence-electron chi connectivity index (χ3n) is 2.82. The highest BCUT2D eigenvalue weighted by molar-refractivity contribution is 5.55. The van der Waals surface area contributed by atoms with Crippen LogP contribution in [-0.2, 0) is 0 Å². The van der Waals surface area contributed by atoms with Crippen LogP contribution in [-0.4, -0.2) is 30.5 Å². The van der Waals surface area contributed by atoms with Gasteiger partial charge in [-0.2, -0.15) is 8.78 Å². The molecule has 0 heterocycles. The number of benzene rings is 1. The van der Waals surface area contributed by atoms with Gasteiger partial charge in [-0.1, -0.05) is 0 Å². The molecule has 0 aliphatic carbocycles. The van der Waals surface area contributed by atoms with E-state index in [0.29, 0.717) is 5.69 Å². The van der Waals surface area contributed by atoms with Crippen molar-refractivity contribution in [1.82, 2.24) is 0 Å². The highest BCUT2D eigenvalue weighted by Gasteiger charge is 2.22. The number of ether oxygens (including phenoxy) is 2. The highest BCUT2D eigenvalue weighted by Crippen LogP contribution is 2.32. The van der Waals surface area contributed by atoms with Crippen LogP contribution in [0.3, 0.4) is 0 Å². The average Bonchev–Trinajstić information content (AvgIpc) is 2.27. The Kier molecular flexibility index (Phi) is 4.94. The molecule has 0 radical (unpaired) electrons. The summed E-state index contributed by atoms with van der Waals surface area (Å²) in [4.78, 5) is 0. The normalized spacial score (nSPS) is 13.3. The molecule has 0 aliphatic rings. The molecule has 2 N–H and O–H groups in total. The molecule has 1 aromatic rings. The van der Waals surface area contributed by atoms with Gasteiger partial charge >= 0.3 is 6.61 Å². The summed E-state index contributed by atoms with van der Waals surface area (Å²) in [7, 11) is 1.38. The molecule has 1 rings (SSSR count). The van der Waals surface area contributed by atoms with Gasteiger partial charge < -0.3 is 19.9 Å². The Bertz CT molecular complexity index is 419. The summed E-state index contributed by atoms with van der Waals surface area (Å²) >= 11 is 0. The lowest BCUT2D eigenvalue weighted by Gasteiger charge is -2.27. The van der Waals surface area contributed by atoms with Crippen molar-refractivity contribution in [2.45, 2.75) is 39.0 Å². The van der Waals surface area contributed by atoms with Crippen LogP contribution in [0.5, 0.6) is 11.5 Å². The summed E-state index contributed by atoms with van der Waals surface area (Å²) in [6, 6.07) is 4.34. The van der Waals surface area contributed by atoms with Crippen LogP contribution < -0.4 is 14.8 Å². The molecule has 1 unspecified atom stereocenters. The Balaban J connectivity index is 2.92. The Morgan fingerprint density at radius 1 is 1.26 bits per heavy atom. The van der Waals surface area contributed by atoms with Crippen molar-refractivity contribution in [1.29, 1.82) is 0 Å². The van der Waals surface area contributed by atoms with Gasteiger partial charge in [0.1, 0.15) is 0 Å². The molecule has 1 aromatic carbocycles. The van der Waals surface area contributed by atoms with Gasteiger partial charge in [-0.15, -0.1) is 0 Å². The SMILES string of the molecule is COc1ccc(NC(C)C(C)(C)O)cc1OC(F)F. The van der Waals surface area contributed by atoms with Crippen LogP contribution in [0.15, 0.2) is 18.2 Å². The van der Waals surface area contributed by atoms with Crippen LogP contribution in [0.2, 0.25) is 0 Å². The molecule has 0 aliphatic heterocycles. The zero-order chi connectivity index (χ0) is 14.6. The predicted octanol–water partition coefficient (Wildman–Crippen LogP) is 2.87. The summed E-state index contributed by atoms with van der Waals surface area (Å²) in [6.07, 6.45) is 0. The molecule has 0 saturated carbocycles. The van der Waals surface area contributed by atoms with Gasteiger partial charge in [0, 0.05) is 11.8 Å². The highest BCUT2D eigenvalue weighted by atomic mass is 19.3. The zero-order valence-electron chi connectivity index (χ0n) is 11.4. The van der Waals surface area contributed by atoms with Crippen molar-refractivity contribution in [2.24, 2.45) is 0 Å². The van der Waals surface area contributed by atoms with Gasteiger partial charge in [-0.3, -0.25) is 0 Å². The first-order valence-corrected chi connectivity index (χ1v) is 5.85. The summed E-state index contributed by atoms with van der Waals surface area (Å²) < 4.78 is 33.9. The molecule has 0 saturated heterocycles. The maximum atomic E-state index is 12.3. The van der Waals surface area contributed by atoms with E-state index in [1.54, 1.807) is 26.8 Å². The number of halogens is 2. The number of aliphatic hydroxyl groups is 1. The molecule has 1 atom stereocenters. The maximum absolute atomic E-state index is 12.3. The van der Waals surface area contributed by atoms with Crippen molar-refractivity contribution in [3.8, 4) is 11.5 Å². The van der Waals surface area contributed by atoms with Gasteiger partial charge in [0.2, 0.25) is 0 Å². The van der Waals surface area contributed by atoms with E-state index in [2.05, 4.69) is 10.1 Å². The quantitative estimate of drug-likeness (QED) is 0.838. The summed E-state index contributed by atoms with van der Waals surface area (Å²) in [6.45, 7) is 2.18. The number of hydrogen-bond donors (Lipinski definition) is 2. The second-order valence-corrected chi connectivity index (χ2v) is 4.76. The number of hydrogen-bond acceptors (Lipinski definition) is 4. The number of rotatable bonds is 6. The van der Waals surface area contributed by atoms with Gasteiger partial charge in [-0.05, 0) is 32.9 Å². The Labute approximate surface area is 111 Å². The van der Waals surface area contributed by atoms with E-state index in [4.69, 9.17) is 4.74 Å². The second-order valence-electron chi connectivity index (χ2n) is 4.76. The average molecular weight is 275 g/mol. The lowest BCUT2D eigenvalue weighted by atomic mass is 10.0. The molecule has 6 heteroatoms. The molecule has 108 valence electrons. The predicted molar refractivity (Wildman–Crippen MR) is 69.0 cm³/mol. The summed E-state index contributed by atoms with van der Waals surface area (Å²) in [5.74, 6) is 0.173. The minimum atomic E-state index is -2.92. The lowest BCUT2D eigenvalue weighted by Crippen LogP contribution is -2.39. The number of alkyl halides is 2. The molecule has 4 nitrogen and oxygen atoms in total.